The van der Waals surface area contributed by atoms with Gasteiger partial charge < -0.3 is 24.9 Å². The van der Waals surface area contributed by atoms with Crippen LogP contribution < -0.4 is 21.0 Å². The highest BCUT2D eigenvalue weighted by atomic mass is 16.5. The average Bonchev–Trinajstić information content (AvgIpc) is 3.18. The summed E-state index contributed by atoms with van der Waals surface area (Å²) >= 11 is 0. The molecule has 1 aliphatic rings. The third-order valence-electron chi connectivity index (χ3n) is 4.92. The summed E-state index contributed by atoms with van der Waals surface area (Å²) in [5, 5.41) is 15.5. The second-order valence-electron chi connectivity index (χ2n) is 6.92. The average molecular weight is 388 g/mol. The molecule has 1 aromatic heterocycles. The molecular formula is C20H24N2O6. The number of fused-ring (bicyclic) bond motifs is 1. The van der Waals surface area contributed by atoms with Crippen LogP contribution in [0.4, 0.5) is 0 Å². The number of aliphatic hydroxyl groups is 1. The van der Waals surface area contributed by atoms with Crippen molar-refractivity contribution >= 4 is 22.8 Å². The van der Waals surface area contributed by atoms with Gasteiger partial charge in [-0.15, -0.1) is 0 Å². The first-order valence-electron chi connectivity index (χ1n) is 9.31. The van der Waals surface area contributed by atoms with Crippen molar-refractivity contribution in [1.29, 1.82) is 0 Å². The van der Waals surface area contributed by atoms with E-state index >= 15 is 0 Å². The van der Waals surface area contributed by atoms with Crippen LogP contribution in [-0.4, -0.2) is 42.7 Å². The highest BCUT2D eigenvalue weighted by Gasteiger charge is 2.24. The minimum absolute atomic E-state index is 0.0936. The van der Waals surface area contributed by atoms with Gasteiger partial charge in [0, 0.05) is 23.6 Å². The molecule has 1 saturated carbocycles. The van der Waals surface area contributed by atoms with E-state index in [1.807, 2.05) is 0 Å². The Kier molecular flexibility index (Phi) is 6.30. The molecule has 0 aliphatic heterocycles. The van der Waals surface area contributed by atoms with E-state index in [0.717, 1.165) is 25.7 Å². The lowest BCUT2D eigenvalue weighted by atomic mass is 10.1. The fourth-order valence-electron chi connectivity index (χ4n) is 3.47. The maximum absolute atomic E-state index is 12.4. The maximum Gasteiger partial charge on any atom is 0.336 e. The van der Waals surface area contributed by atoms with Crippen molar-refractivity contribution in [2.75, 3.05) is 13.7 Å². The third kappa shape index (κ3) is 4.69. The molecule has 0 spiro atoms. The Morgan fingerprint density at radius 3 is 2.71 bits per heavy atom. The molecule has 1 aliphatic carbocycles. The van der Waals surface area contributed by atoms with Crippen LogP contribution in [0.1, 0.15) is 31.2 Å². The SMILES string of the molecule is COc1ccc2c(CC(=O)NC(CO)C(=O)NC3CCCC3)cc(=O)oc2c1. The van der Waals surface area contributed by atoms with Gasteiger partial charge in [0.05, 0.1) is 20.1 Å². The number of benzene rings is 1. The number of ether oxygens (including phenoxy) is 1. The molecule has 1 heterocycles. The molecule has 3 rings (SSSR count). The number of hydrogen-bond donors (Lipinski definition) is 3. The predicted molar refractivity (Wildman–Crippen MR) is 102 cm³/mol. The largest absolute Gasteiger partial charge is 0.497 e. The molecule has 150 valence electrons. The first-order valence-corrected chi connectivity index (χ1v) is 9.31. The van der Waals surface area contributed by atoms with E-state index in [2.05, 4.69) is 10.6 Å². The number of carbonyl (C=O) groups excluding carboxylic acids is 2. The van der Waals surface area contributed by atoms with Crippen molar-refractivity contribution < 1.29 is 23.8 Å². The van der Waals surface area contributed by atoms with Crippen molar-refractivity contribution in [3.05, 3.63) is 40.2 Å². The zero-order valence-electron chi connectivity index (χ0n) is 15.7. The molecule has 1 fully saturated rings. The molecule has 2 amide bonds. The molecular weight excluding hydrogens is 364 g/mol. The summed E-state index contributed by atoms with van der Waals surface area (Å²) < 4.78 is 10.3. The summed E-state index contributed by atoms with van der Waals surface area (Å²) in [4.78, 5) is 36.6. The number of methoxy groups -OCH3 is 1. The quantitative estimate of drug-likeness (QED) is 0.606. The molecule has 8 heteroatoms. The van der Waals surface area contributed by atoms with Gasteiger partial charge in [0.1, 0.15) is 17.4 Å². The first-order chi connectivity index (χ1) is 13.5. The van der Waals surface area contributed by atoms with Crippen LogP contribution in [0.5, 0.6) is 5.75 Å². The number of hydrogen-bond acceptors (Lipinski definition) is 6. The summed E-state index contributed by atoms with van der Waals surface area (Å²) in [6, 6.07) is 5.30. The Morgan fingerprint density at radius 1 is 1.29 bits per heavy atom. The van der Waals surface area contributed by atoms with E-state index in [1.54, 1.807) is 18.2 Å². The van der Waals surface area contributed by atoms with Crippen molar-refractivity contribution in [2.45, 2.75) is 44.2 Å². The van der Waals surface area contributed by atoms with E-state index in [0.29, 0.717) is 22.3 Å². The molecule has 1 aromatic carbocycles. The van der Waals surface area contributed by atoms with E-state index < -0.39 is 30.1 Å². The fourth-order valence-corrected chi connectivity index (χ4v) is 3.47. The van der Waals surface area contributed by atoms with E-state index in [1.165, 1.54) is 13.2 Å². The van der Waals surface area contributed by atoms with Crippen LogP contribution in [0.2, 0.25) is 0 Å². The van der Waals surface area contributed by atoms with E-state index in [4.69, 9.17) is 9.15 Å². The molecule has 0 saturated heterocycles. The zero-order valence-corrected chi connectivity index (χ0v) is 15.7. The topological polar surface area (TPSA) is 118 Å². The van der Waals surface area contributed by atoms with Gasteiger partial charge in [0.25, 0.3) is 0 Å². The summed E-state index contributed by atoms with van der Waals surface area (Å²) in [7, 11) is 1.50. The molecule has 2 aromatic rings. The highest BCUT2D eigenvalue weighted by molar-refractivity contribution is 5.91. The van der Waals surface area contributed by atoms with Gasteiger partial charge >= 0.3 is 5.63 Å². The number of nitrogens with one attached hydrogen (secondary N) is 2. The lowest BCUT2D eigenvalue weighted by Gasteiger charge is -2.19. The highest BCUT2D eigenvalue weighted by Crippen LogP contribution is 2.23. The molecule has 8 nitrogen and oxygen atoms in total. The van der Waals surface area contributed by atoms with Crippen LogP contribution in [-0.2, 0) is 16.0 Å². The Morgan fingerprint density at radius 2 is 2.04 bits per heavy atom. The lowest BCUT2D eigenvalue weighted by molar-refractivity contribution is -0.130. The van der Waals surface area contributed by atoms with Gasteiger partial charge in [-0.2, -0.15) is 0 Å². The summed E-state index contributed by atoms with van der Waals surface area (Å²) in [6.07, 6.45) is 3.83. The van der Waals surface area contributed by atoms with Crippen molar-refractivity contribution in [1.82, 2.24) is 10.6 Å². The van der Waals surface area contributed by atoms with Gasteiger partial charge in [-0.25, -0.2) is 4.79 Å². The number of aliphatic hydroxyl groups excluding tert-OH is 1. The minimum Gasteiger partial charge on any atom is -0.497 e. The molecule has 1 atom stereocenters. The second kappa shape index (κ2) is 8.88. The number of rotatable bonds is 7. The minimum atomic E-state index is -1.03. The Balaban J connectivity index is 1.71. The van der Waals surface area contributed by atoms with Gasteiger partial charge in [-0.3, -0.25) is 9.59 Å². The zero-order chi connectivity index (χ0) is 20.1. The van der Waals surface area contributed by atoms with E-state index in [-0.39, 0.29) is 12.5 Å². The monoisotopic (exact) mass is 388 g/mol. The number of amides is 2. The first kappa shape index (κ1) is 19.9. The smallest absolute Gasteiger partial charge is 0.336 e. The summed E-state index contributed by atoms with van der Waals surface area (Å²) in [5.74, 6) is -0.338. The molecule has 28 heavy (non-hydrogen) atoms. The third-order valence-corrected chi connectivity index (χ3v) is 4.92. The van der Waals surface area contributed by atoms with Gasteiger partial charge in [0.15, 0.2) is 0 Å². The predicted octanol–water partition coefficient (Wildman–Crippen LogP) is 0.880. The second-order valence-corrected chi connectivity index (χ2v) is 6.92. The maximum atomic E-state index is 12.4. The van der Waals surface area contributed by atoms with Crippen LogP contribution in [0.3, 0.4) is 0 Å². The molecule has 3 N–H and O–H groups in total. The summed E-state index contributed by atoms with van der Waals surface area (Å²) in [6.45, 7) is -0.501. The number of carbonyl (C=O) groups is 2. The van der Waals surface area contributed by atoms with Crippen molar-refractivity contribution in [2.24, 2.45) is 0 Å². The van der Waals surface area contributed by atoms with Crippen molar-refractivity contribution in [3.8, 4) is 5.75 Å². The Bertz CT molecular complexity index is 917. The standard InChI is InChI=1S/C20H24N2O6/c1-27-14-6-7-15-12(9-19(25)28-17(15)10-14)8-18(24)22-16(11-23)20(26)21-13-4-2-3-5-13/h6-7,9-10,13,16,23H,2-5,8,11H2,1H3,(H,21,26)(H,22,24). The fraction of sp³-hybridized carbons (Fsp3) is 0.450. The van der Waals surface area contributed by atoms with Crippen molar-refractivity contribution in [3.63, 3.8) is 0 Å². The molecule has 0 bridgehead atoms. The Hall–Kier alpha value is -2.87. The lowest BCUT2D eigenvalue weighted by Crippen LogP contribution is -2.51. The van der Waals surface area contributed by atoms with Crippen LogP contribution in [0.15, 0.2) is 33.5 Å². The Labute approximate surface area is 161 Å². The summed E-state index contributed by atoms with van der Waals surface area (Å²) in [5.41, 5.74) is 0.202. The van der Waals surface area contributed by atoms with Gasteiger partial charge in [0.2, 0.25) is 11.8 Å². The molecule has 0 radical (unpaired) electrons. The van der Waals surface area contributed by atoms with Gasteiger partial charge in [-0.1, -0.05) is 12.8 Å². The van der Waals surface area contributed by atoms with E-state index in [9.17, 15) is 19.5 Å². The van der Waals surface area contributed by atoms with Crippen LogP contribution >= 0.6 is 0 Å². The van der Waals surface area contributed by atoms with Crippen LogP contribution in [0.25, 0.3) is 11.0 Å². The van der Waals surface area contributed by atoms with Crippen LogP contribution in [0, 0.1) is 0 Å². The normalized spacial score (nSPS) is 15.4. The van der Waals surface area contributed by atoms with Gasteiger partial charge in [-0.05, 0) is 30.5 Å². The molecule has 1 unspecified atom stereocenters.